The summed E-state index contributed by atoms with van der Waals surface area (Å²) < 4.78 is 11.5. The quantitative estimate of drug-likeness (QED) is 0.773. The highest BCUT2D eigenvalue weighted by Crippen LogP contribution is 2.43. The first-order chi connectivity index (χ1) is 12.2. The van der Waals surface area contributed by atoms with E-state index in [0.717, 1.165) is 35.7 Å². The van der Waals surface area contributed by atoms with Crippen LogP contribution in [0.4, 0.5) is 0 Å². The normalized spacial score (nSPS) is 13.1. The minimum absolute atomic E-state index is 0.00654. The van der Waals surface area contributed by atoms with Gasteiger partial charge in [0.2, 0.25) is 5.91 Å². The molecule has 0 aliphatic carbocycles. The largest absolute Gasteiger partial charge is 0.457 e. The molecule has 0 bridgehead atoms. The summed E-state index contributed by atoms with van der Waals surface area (Å²) in [5.41, 5.74) is 1.82. The summed E-state index contributed by atoms with van der Waals surface area (Å²) in [6.07, 6.45) is 0.810. The lowest BCUT2D eigenvalue weighted by Gasteiger charge is -2.27. The van der Waals surface area contributed by atoms with E-state index in [1.54, 1.807) is 0 Å². The Bertz CT molecular complexity index is 681. The molecule has 0 unspecified atom stereocenters. The van der Waals surface area contributed by atoms with E-state index >= 15 is 0 Å². The van der Waals surface area contributed by atoms with Gasteiger partial charge in [-0.25, -0.2) is 0 Å². The fourth-order valence-electron chi connectivity index (χ4n) is 3.00. The molecule has 0 saturated heterocycles. The zero-order chi connectivity index (χ0) is 17.6. The number of fused-ring (bicyclic) bond motifs is 2. The van der Waals surface area contributed by atoms with Crippen LogP contribution in [0.1, 0.15) is 37.3 Å². The number of benzene rings is 2. The maximum atomic E-state index is 12.9. The van der Waals surface area contributed by atoms with Crippen LogP contribution in [0.2, 0.25) is 0 Å². The molecular formula is C21H25NO3. The number of rotatable bonds is 7. The number of para-hydroxylation sites is 2. The van der Waals surface area contributed by atoms with Gasteiger partial charge in [-0.2, -0.15) is 0 Å². The number of carbonyl (C=O) groups is 1. The van der Waals surface area contributed by atoms with Crippen LogP contribution in [0.15, 0.2) is 48.5 Å². The number of amides is 1. The standard InChI is InChI=1S/C21H25NO3/c1-15(2)14-24-13-7-12-22-21(23)20-16-8-3-5-10-18(16)25-19-11-6-4-9-17(19)20/h3-6,8-11,15,20H,7,12-14H2,1-2H3,(H,22,23). The van der Waals surface area contributed by atoms with Crippen LogP contribution in [0.5, 0.6) is 11.5 Å². The Hall–Kier alpha value is -2.33. The van der Waals surface area contributed by atoms with Crippen LogP contribution < -0.4 is 10.1 Å². The highest BCUT2D eigenvalue weighted by atomic mass is 16.5. The van der Waals surface area contributed by atoms with Crippen LogP contribution in [-0.4, -0.2) is 25.7 Å². The smallest absolute Gasteiger partial charge is 0.232 e. The fraction of sp³-hybridized carbons (Fsp3) is 0.381. The molecule has 1 aliphatic heterocycles. The lowest BCUT2D eigenvalue weighted by Crippen LogP contribution is -2.32. The van der Waals surface area contributed by atoms with Gasteiger partial charge in [-0.3, -0.25) is 4.79 Å². The molecular weight excluding hydrogens is 314 g/mol. The molecule has 132 valence electrons. The third kappa shape index (κ3) is 4.20. The maximum absolute atomic E-state index is 12.9. The van der Waals surface area contributed by atoms with Gasteiger partial charge in [0.1, 0.15) is 11.5 Å². The molecule has 0 radical (unpaired) electrons. The van der Waals surface area contributed by atoms with Gasteiger partial charge in [-0.1, -0.05) is 50.2 Å². The second-order valence-electron chi connectivity index (χ2n) is 6.72. The first kappa shape index (κ1) is 17.5. The second kappa shape index (κ2) is 8.17. The van der Waals surface area contributed by atoms with E-state index in [1.807, 2.05) is 48.5 Å². The van der Waals surface area contributed by atoms with Crippen molar-refractivity contribution < 1.29 is 14.3 Å². The van der Waals surface area contributed by atoms with E-state index < -0.39 is 0 Å². The summed E-state index contributed by atoms with van der Waals surface area (Å²) >= 11 is 0. The molecule has 1 aliphatic rings. The van der Waals surface area contributed by atoms with Crippen LogP contribution in [0, 0.1) is 5.92 Å². The Balaban J connectivity index is 1.66. The predicted octanol–water partition coefficient (Wildman–Crippen LogP) is 4.10. The van der Waals surface area contributed by atoms with Crippen molar-refractivity contribution >= 4 is 5.91 Å². The lowest BCUT2D eigenvalue weighted by molar-refractivity contribution is -0.121. The van der Waals surface area contributed by atoms with Gasteiger partial charge in [0.05, 0.1) is 5.92 Å². The average Bonchev–Trinajstić information content (AvgIpc) is 2.62. The first-order valence-electron chi connectivity index (χ1n) is 8.88. The summed E-state index contributed by atoms with van der Waals surface area (Å²) in [7, 11) is 0. The molecule has 2 aromatic carbocycles. The summed E-state index contributed by atoms with van der Waals surface area (Å²) in [5, 5.41) is 3.05. The molecule has 1 amide bonds. The zero-order valence-electron chi connectivity index (χ0n) is 14.8. The van der Waals surface area contributed by atoms with E-state index in [9.17, 15) is 4.79 Å². The molecule has 3 rings (SSSR count). The SMILES string of the molecule is CC(C)COCCCNC(=O)C1c2ccccc2Oc2ccccc21. The van der Waals surface area contributed by atoms with Crippen molar-refractivity contribution in [1.29, 1.82) is 0 Å². The molecule has 2 aromatic rings. The fourth-order valence-corrected chi connectivity index (χ4v) is 3.00. The molecule has 0 spiro atoms. The number of hydrogen-bond donors (Lipinski definition) is 1. The first-order valence-corrected chi connectivity index (χ1v) is 8.88. The predicted molar refractivity (Wildman–Crippen MR) is 98.1 cm³/mol. The third-order valence-corrected chi connectivity index (χ3v) is 4.16. The topological polar surface area (TPSA) is 47.6 Å². The summed E-state index contributed by atoms with van der Waals surface area (Å²) in [4.78, 5) is 12.9. The van der Waals surface area contributed by atoms with Gasteiger partial charge in [0.15, 0.2) is 0 Å². The number of hydrogen-bond acceptors (Lipinski definition) is 3. The van der Waals surface area contributed by atoms with Crippen LogP contribution in [-0.2, 0) is 9.53 Å². The van der Waals surface area contributed by atoms with Gasteiger partial charge >= 0.3 is 0 Å². The Labute approximate surface area is 149 Å². The third-order valence-electron chi connectivity index (χ3n) is 4.16. The Morgan fingerprint density at radius 3 is 2.28 bits per heavy atom. The van der Waals surface area contributed by atoms with Crippen molar-refractivity contribution in [1.82, 2.24) is 5.32 Å². The van der Waals surface area contributed by atoms with Crippen molar-refractivity contribution in [3.63, 3.8) is 0 Å². The molecule has 1 heterocycles. The highest BCUT2D eigenvalue weighted by Gasteiger charge is 2.31. The van der Waals surface area contributed by atoms with E-state index in [4.69, 9.17) is 9.47 Å². The molecule has 0 aromatic heterocycles. The van der Waals surface area contributed by atoms with Gasteiger partial charge in [-0.05, 0) is 24.5 Å². The minimum atomic E-state index is -0.335. The Kier molecular flexibility index (Phi) is 5.71. The minimum Gasteiger partial charge on any atom is -0.457 e. The van der Waals surface area contributed by atoms with Crippen molar-refractivity contribution in [2.75, 3.05) is 19.8 Å². The van der Waals surface area contributed by atoms with Crippen molar-refractivity contribution in [3.8, 4) is 11.5 Å². The number of ether oxygens (including phenoxy) is 2. The summed E-state index contributed by atoms with van der Waals surface area (Å²) in [6.45, 7) is 6.29. The van der Waals surface area contributed by atoms with E-state index in [-0.39, 0.29) is 11.8 Å². The van der Waals surface area contributed by atoms with Gasteiger partial charge < -0.3 is 14.8 Å². The molecule has 25 heavy (non-hydrogen) atoms. The van der Waals surface area contributed by atoms with Crippen molar-refractivity contribution in [3.05, 3.63) is 59.7 Å². The van der Waals surface area contributed by atoms with Crippen LogP contribution in [0.3, 0.4) is 0 Å². The summed E-state index contributed by atoms with van der Waals surface area (Å²) in [5.74, 6) is 1.71. The second-order valence-corrected chi connectivity index (χ2v) is 6.72. The molecule has 4 heteroatoms. The molecule has 0 fully saturated rings. The molecule has 4 nitrogen and oxygen atoms in total. The van der Waals surface area contributed by atoms with Gasteiger partial charge in [0.25, 0.3) is 0 Å². The molecule has 0 saturated carbocycles. The molecule has 0 atom stereocenters. The zero-order valence-corrected chi connectivity index (χ0v) is 14.8. The lowest BCUT2D eigenvalue weighted by atomic mass is 9.87. The Morgan fingerprint density at radius 1 is 1.08 bits per heavy atom. The monoisotopic (exact) mass is 339 g/mol. The van der Waals surface area contributed by atoms with Gasteiger partial charge in [0, 0.05) is 30.9 Å². The van der Waals surface area contributed by atoms with Crippen molar-refractivity contribution in [2.45, 2.75) is 26.2 Å². The maximum Gasteiger partial charge on any atom is 0.232 e. The number of nitrogens with one attached hydrogen (secondary N) is 1. The van der Waals surface area contributed by atoms with Crippen LogP contribution in [0.25, 0.3) is 0 Å². The van der Waals surface area contributed by atoms with Crippen LogP contribution >= 0.6 is 0 Å². The molecule has 1 N–H and O–H groups in total. The summed E-state index contributed by atoms with van der Waals surface area (Å²) in [6, 6.07) is 15.5. The number of carbonyl (C=O) groups excluding carboxylic acids is 1. The Morgan fingerprint density at radius 2 is 1.68 bits per heavy atom. The van der Waals surface area contributed by atoms with Crippen molar-refractivity contribution in [2.24, 2.45) is 5.92 Å². The highest BCUT2D eigenvalue weighted by molar-refractivity contribution is 5.89. The van der Waals surface area contributed by atoms with E-state index in [2.05, 4.69) is 19.2 Å². The average molecular weight is 339 g/mol. The van der Waals surface area contributed by atoms with Gasteiger partial charge in [-0.15, -0.1) is 0 Å². The van der Waals surface area contributed by atoms with E-state index in [0.29, 0.717) is 19.1 Å². The van der Waals surface area contributed by atoms with E-state index in [1.165, 1.54) is 0 Å².